The number of aliphatic hydroxyl groups excluding tert-OH is 1. The predicted molar refractivity (Wildman–Crippen MR) is 79.3 cm³/mol. The molecule has 10 heteroatoms. The smallest absolute Gasteiger partial charge is 0.213 e. The third-order valence-electron chi connectivity index (χ3n) is 4.55. The Labute approximate surface area is 143 Å². The van der Waals surface area contributed by atoms with Gasteiger partial charge in [-0.1, -0.05) is 0 Å². The number of hydrogen-bond donors (Lipinski definition) is 4. The molecule has 0 radical (unpaired) electrons. The minimum Gasteiger partial charge on any atom is -0.386 e. The summed E-state index contributed by atoms with van der Waals surface area (Å²) >= 11 is 0. The van der Waals surface area contributed by atoms with Gasteiger partial charge in [0.05, 0.1) is 0 Å². The van der Waals surface area contributed by atoms with Gasteiger partial charge in [-0.2, -0.15) is 0 Å². The molecule has 1 aliphatic heterocycles. The normalized spacial score (nSPS) is 39.6. The van der Waals surface area contributed by atoms with E-state index in [9.17, 15) is 39.6 Å². The average Bonchev–Trinajstić information content (AvgIpc) is 2.51. The van der Waals surface area contributed by atoms with Gasteiger partial charge in [-0.3, -0.25) is 19.2 Å². The van der Waals surface area contributed by atoms with E-state index in [4.69, 9.17) is 9.47 Å². The number of carbonyl (C=O) groups excluding carboxylic acids is 4. The van der Waals surface area contributed by atoms with Crippen molar-refractivity contribution < 1.29 is 49.1 Å². The van der Waals surface area contributed by atoms with Crippen molar-refractivity contribution in [2.45, 2.75) is 63.0 Å². The summed E-state index contributed by atoms with van der Waals surface area (Å²) < 4.78 is 9.86. The fraction of sp³-hybridized carbons (Fsp3) is 0.733. The fourth-order valence-corrected chi connectivity index (χ4v) is 3.09. The lowest BCUT2D eigenvalue weighted by Gasteiger charge is -2.56. The lowest BCUT2D eigenvalue weighted by molar-refractivity contribution is -0.355. The highest BCUT2D eigenvalue weighted by molar-refractivity contribution is 6.08. The van der Waals surface area contributed by atoms with Crippen molar-refractivity contribution in [3.63, 3.8) is 0 Å². The fourth-order valence-electron chi connectivity index (χ4n) is 3.09. The standard InChI is InChI=1S/C15H22O10/c1-6(16)10(20)11-13(21,7(2)17)15(23,9(4)19)14(22,8(3)18)12(24-5)25-11/h6,11-12,16,21-23H,1-5H3/t6?,11-,12+,13-,14+,15+/m1/s1. The molecule has 1 saturated heterocycles. The summed E-state index contributed by atoms with van der Waals surface area (Å²) in [6, 6.07) is 0. The molecule has 10 nitrogen and oxygen atoms in total. The number of ketones is 4. The first-order valence-corrected chi connectivity index (χ1v) is 7.34. The van der Waals surface area contributed by atoms with E-state index in [0.29, 0.717) is 6.92 Å². The first-order valence-electron chi connectivity index (χ1n) is 7.34. The van der Waals surface area contributed by atoms with Crippen LogP contribution in [-0.4, -0.2) is 86.0 Å². The highest BCUT2D eigenvalue weighted by atomic mass is 16.7. The van der Waals surface area contributed by atoms with E-state index >= 15 is 0 Å². The van der Waals surface area contributed by atoms with Crippen LogP contribution in [-0.2, 0) is 28.7 Å². The van der Waals surface area contributed by atoms with Crippen LogP contribution in [0, 0.1) is 0 Å². The Bertz CT molecular complexity index is 613. The van der Waals surface area contributed by atoms with Crippen molar-refractivity contribution in [1.82, 2.24) is 0 Å². The van der Waals surface area contributed by atoms with Crippen LogP contribution in [0.2, 0.25) is 0 Å². The molecule has 0 aromatic carbocycles. The molecule has 25 heavy (non-hydrogen) atoms. The summed E-state index contributed by atoms with van der Waals surface area (Å²) in [5.74, 6) is -5.22. The van der Waals surface area contributed by atoms with Gasteiger partial charge in [0.1, 0.15) is 6.10 Å². The molecule has 0 bridgehead atoms. The maximum Gasteiger partial charge on any atom is 0.213 e. The number of methoxy groups -OCH3 is 1. The number of aliphatic hydroxyl groups is 4. The Hall–Kier alpha value is -1.56. The number of Topliss-reactive ketones (excluding diaryl/α,β-unsaturated/α-hetero) is 4. The van der Waals surface area contributed by atoms with E-state index in [1.54, 1.807) is 0 Å². The van der Waals surface area contributed by atoms with Crippen LogP contribution >= 0.6 is 0 Å². The molecule has 1 fully saturated rings. The number of rotatable bonds is 6. The number of carbonyl (C=O) groups is 4. The second-order valence-electron chi connectivity index (χ2n) is 6.07. The van der Waals surface area contributed by atoms with Crippen LogP contribution < -0.4 is 0 Å². The molecular formula is C15H22O10. The minimum atomic E-state index is -3.47. The monoisotopic (exact) mass is 362 g/mol. The van der Waals surface area contributed by atoms with Gasteiger partial charge in [0.2, 0.25) is 11.2 Å². The predicted octanol–water partition coefficient (Wildman–Crippen LogP) is -2.73. The molecule has 0 amide bonds. The molecule has 1 rings (SSSR count). The van der Waals surface area contributed by atoms with E-state index < -0.39 is 58.4 Å². The summed E-state index contributed by atoms with van der Waals surface area (Å²) in [6.45, 7) is 3.23. The van der Waals surface area contributed by atoms with Gasteiger partial charge in [-0.15, -0.1) is 0 Å². The molecular weight excluding hydrogens is 340 g/mol. The van der Waals surface area contributed by atoms with Gasteiger partial charge >= 0.3 is 0 Å². The topological polar surface area (TPSA) is 168 Å². The minimum absolute atomic E-state index is 0.712. The zero-order chi connectivity index (χ0) is 20.0. The third-order valence-corrected chi connectivity index (χ3v) is 4.55. The Morgan fingerprint density at radius 2 is 1.40 bits per heavy atom. The van der Waals surface area contributed by atoms with E-state index in [1.165, 1.54) is 0 Å². The maximum atomic E-state index is 12.2. The van der Waals surface area contributed by atoms with Crippen molar-refractivity contribution >= 4 is 23.1 Å². The SMILES string of the molecule is CO[C@H]1O[C@H](C(=O)C(C)O)[C@](O)(C(C)=O)[C@@](O)(C(C)=O)[C@]1(O)C(C)=O. The summed E-state index contributed by atoms with van der Waals surface area (Å²) in [5.41, 5.74) is -10.0. The van der Waals surface area contributed by atoms with Crippen LogP contribution in [0.15, 0.2) is 0 Å². The summed E-state index contributed by atoms with van der Waals surface area (Å²) in [5, 5.41) is 42.1. The van der Waals surface area contributed by atoms with E-state index in [2.05, 4.69) is 0 Å². The Kier molecular flexibility index (Phi) is 5.70. The van der Waals surface area contributed by atoms with E-state index in [0.717, 1.165) is 27.9 Å². The number of ether oxygens (including phenoxy) is 2. The molecule has 4 N–H and O–H groups in total. The second kappa shape index (κ2) is 6.63. The van der Waals surface area contributed by atoms with Gasteiger partial charge in [0.25, 0.3) is 0 Å². The molecule has 0 spiro atoms. The van der Waals surface area contributed by atoms with Crippen LogP contribution in [0.3, 0.4) is 0 Å². The maximum absolute atomic E-state index is 12.2. The molecule has 1 heterocycles. The molecule has 142 valence electrons. The average molecular weight is 362 g/mol. The van der Waals surface area contributed by atoms with Gasteiger partial charge in [-0.05, 0) is 27.7 Å². The Morgan fingerprint density at radius 1 is 0.960 bits per heavy atom. The van der Waals surface area contributed by atoms with Gasteiger partial charge < -0.3 is 29.9 Å². The lowest BCUT2D eigenvalue weighted by Crippen LogP contribution is -2.87. The molecule has 0 aromatic rings. The Morgan fingerprint density at radius 3 is 1.68 bits per heavy atom. The van der Waals surface area contributed by atoms with Crippen LogP contribution in [0.1, 0.15) is 27.7 Å². The number of hydrogen-bond acceptors (Lipinski definition) is 10. The lowest BCUT2D eigenvalue weighted by atomic mass is 9.60. The Balaban J connectivity index is 3.91. The molecule has 6 atom stereocenters. The zero-order valence-corrected chi connectivity index (χ0v) is 14.5. The van der Waals surface area contributed by atoms with Crippen molar-refractivity contribution in [2.75, 3.05) is 7.11 Å². The van der Waals surface area contributed by atoms with Crippen LogP contribution in [0.4, 0.5) is 0 Å². The van der Waals surface area contributed by atoms with Crippen molar-refractivity contribution in [1.29, 1.82) is 0 Å². The van der Waals surface area contributed by atoms with Crippen LogP contribution in [0.25, 0.3) is 0 Å². The van der Waals surface area contributed by atoms with E-state index in [-0.39, 0.29) is 0 Å². The van der Waals surface area contributed by atoms with Crippen molar-refractivity contribution in [2.24, 2.45) is 0 Å². The molecule has 1 unspecified atom stereocenters. The molecule has 0 aliphatic carbocycles. The highest BCUT2D eigenvalue weighted by Gasteiger charge is 2.79. The summed E-state index contributed by atoms with van der Waals surface area (Å²) in [7, 11) is 0.946. The largest absolute Gasteiger partial charge is 0.386 e. The first kappa shape index (κ1) is 21.5. The van der Waals surface area contributed by atoms with Crippen molar-refractivity contribution in [3.8, 4) is 0 Å². The van der Waals surface area contributed by atoms with Crippen molar-refractivity contribution in [3.05, 3.63) is 0 Å². The highest BCUT2D eigenvalue weighted by Crippen LogP contribution is 2.47. The summed E-state index contributed by atoms with van der Waals surface area (Å²) in [4.78, 5) is 48.6. The van der Waals surface area contributed by atoms with Crippen LogP contribution in [0.5, 0.6) is 0 Å². The zero-order valence-electron chi connectivity index (χ0n) is 14.5. The molecule has 1 aliphatic rings. The van der Waals surface area contributed by atoms with E-state index in [1.807, 2.05) is 0 Å². The quantitative estimate of drug-likeness (QED) is 0.389. The second-order valence-corrected chi connectivity index (χ2v) is 6.07. The summed E-state index contributed by atoms with van der Waals surface area (Å²) in [6.07, 6.45) is -6.11. The molecule has 0 saturated carbocycles. The van der Waals surface area contributed by atoms with Gasteiger partial charge in [-0.25, -0.2) is 0 Å². The molecule has 0 aromatic heterocycles. The third kappa shape index (κ3) is 2.57. The first-order chi connectivity index (χ1) is 11.2. The van der Waals surface area contributed by atoms with Gasteiger partial charge in [0, 0.05) is 7.11 Å². The van der Waals surface area contributed by atoms with Gasteiger partial charge in [0.15, 0.2) is 41.1 Å².